The lowest BCUT2D eigenvalue weighted by Gasteiger charge is -2.14. The van der Waals surface area contributed by atoms with Crippen LogP contribution in [-0.4, -0.2) is 28.6 Å². The van der Waals surface area contributed by atoms with Crippen LogP contribution in [0.3, 0.4) is 0 Å². The van der Waals surface area contributed by atoms with E-state index in [9.17, 15) is 9.59 Å². The van der Waals surface area contributed by atoms with Gasteiger partial charge in [-0.1, -0.05) is 6.92 Å². The van der Waals surface area contributed by atoms with Gasteiger partial charge in [-0.3, -0.25) is 9.59 Å². The van der Waals surface area contributed by atoms with Gasteiger partial charge in [-0.05, 0) is 31.5 Å². The van der Waals surface area contributed by atoms with E-state index in [1.54, 1.807) is 18.2 Å². The highest BCUT2D eigenvalue weighted by Gasteiger charge is 2.16. The number of hydrogen-bond acceptors (Lipinski definition) is 4. The van der Waals surface area contributed by atoms with Gasteiger partial charge in [0.25, 0.3) is 11.5 Å². The summed E-state index contributed by atoms with van der Waals surface area (Å²) in [6.45, 7) is 4.21. The van der Waals surface area contributed by atoms with Crippen molar-refractivity contribution in [2.45, 2.75) is 26.4 Å². The molecular formula is C14H17N3O3. The molecular weight excluding hydrogens is 258 g/mol. The number of hydrogen-bond donors (Lipinski definition) is 2. The van der Waals surface area contributed by atoms with Gasteiger partial charge in [0.05, 0.1) is 17.2 Å². The van der Waals surface area contributed by atoms with Gasteiger partial charge in [-0.15, -0.1) is 0 Å². The standard InChI is InChI=1S/C14H17N3O3/c1-3-12(20-4-2)14(19)17-9-5-6-11-10(7-9)13(18)16-8-15-11/h5-8,12H,3-4H2,1-2H3,(H,17,19)(H,15,16,18). The third-order valence-corrected chi connectivity index (χ3v) is 2.94. The van der Waals surface area contributed by atoms with Crippen molar-refractivity contribution in [2.75, 3.05) is 11.9 Å². The molecule has 6 heteroatoms. The summed E-state index contributed by atoms with van der Waals surface area (Å²) in [7, 11) is 0. The van der Waals surface area contributed by atoms with Crippen LogP contribution in [0.4, 0.5) is 5.69 Å². The molecule has 6 nitrogen and oxygen atoms in total. The zero-order chi connectivity index (χ0) is 14.5. The molecule has 1 amide bonds. The Morgan fingerprint density at radius 2 is 2.25 bits per heavy atom. The first kappa shape index (κ1) is 14.2. The van der Waals surface area contributed by atoms with Gasteiger partial charge in [0.15, 0.2) is 0 Å². The minimum absolute atomic E-state index is 0.214. The molecule has 2 rings (SSSR count). The molecule has 0 fully saturated rings. The molecule has 0 spiro atoms. The summed E-state index contributed by atoms with van der Waals surface area (Å²) >= 11 is 0. The van der Waals surface area contributed by atoms with Gasteiger partial charge in [-0.2, -0.15) is 0 Å². The molecule has 0 aliphatic heterocycles. The molecule has 2 aromatic rings. The molecule has 20 heavy (non-hydrogen) atoms. The van der Waals surface area contributed by atoms with Crippen molar-refractivity contribution in [2.24, 2.45) is 0 Å². The number of carbonyl (C=O) groups is 1. The molecule has 1 atom stereocenters. The highest BCUT2D eigenvalue weighted by atomic mass is 16.5. The lowest BCUT2D eigenvalue weighted by Crippen LogP contribution is -2.29. The maximum absolute atomic E-state index is 12.0. The minimum Gasteiger partial charge on any atom is -0.369 e. The van der Waals surface area contributed by atoms with Crippen LogP contribution < -0.4 is 10.9 Å². The monoisotopic (exact) mass is 275 g/mol. The molecule has 0 aliphatic carbocycles. The molecule has 0 saturated heterocycles. The maximum Gasteiger partial charge on any atom is 0.258 e. The number of fused-ring (bicyclic) bond motifs is 1. The van der Waals surface area contributed by atoms with E-state index in [1.807, 2.05) is 13.8 Å². The van der Waals surface area contributed by atoms with E-state index in [0.717, 1.165) is 0 Å². The van der Waals surface area contributed by atoms with Crippen LogP contribution in [0.25, 0.3) is 10.9 Å². The van der Waals surface area contributed by atoms with E-state index in [0.29, 0.717) is 29.6 Å². The van der Waals surface area contributed by atoms with Crippen molar-refractivity contribution in [3.05, 3.63) is 34.9 Å². The molecule has 1 aromatic heterocycles. The van der Waals surface area contributed by atoms with Crippen molar-refractivity contribution in [1.29, 1.82) is 0 Å². The topological polar surface area (TPSA) is 84.1 Å². The van der Waals surface area contributed by atoms with Crippen LogP contribution in [-0.2, 0) is 9.53 Å². The maximum atomic E-state index is 12.0. The summed E-state index contributed by atoms with van der Waals surface area (Å²) in [5, 5.41) is 3.19. The number of nitrogens with zero attached hydrogens (tertiary/aromatic N) is 1. The number of ether oxygens (including phenoxy) is 1. The summed E-state index contributed by atoms with van der Waals surface area (Å²) in [5.41, 5.74) is 0.908. The quantitative estimate of drug-likeness (QED) is 0.869. The third kappa shape index (κ3) is 3.03. The first-order valence-corrected chi connectivity index (χ1v) is 6.55. The van der Waals surface area contributed by atoms with Crippen LogP contribution in [0, 0.1) is 0 Å². The van der Waals surface area contributed by atoms with Gasteiger partial charge < -0.3 is 15.0 Å². The largest absolute Gasteiger partial charge is 0.369 e. The Bertz CT molecular complexity index is 666. The first-order valence-electron chi connectivity index (χ1n) is 6.55. The number of aromatic amines is 1. The SMILES string of the molecule is CCOC(CC)C(=O)Nc1ccc2nc[nH]c(=O)c2c1. The van der Waals surface area contributed by atoms with Crippen molar-refractivity contribution in [1.82, 2.24) is 9.97 Å². The molecule has 1 heterocycles. The van der Waals surface area contributed by atoms with Crippen LogP contribution in [0.15, 0.2) is 29.3 Å². The normalized spacial score (nSPS) is 12.3. The highest BCUT2D eigenvalue weighted by molar-refractivity contribution is 5.96. The highest BCUT2D eigenvalue weighted by Crippen LogP contribution is 2.14. The van der Waals surface area contributed by atoms with E-state index in [-0.39, 0.29) is 11.5 Å². The van der Waals surface area contributed by atoms with Gasteiger partial charge in [-0.25, -0.2) is 4.98 Å². The summed E-state index contributed by atoms with van der Waals surface area (Å²) in [5.74, 6) is -0.214. The second-order valence-corrected chi connectivity index (χ2v) is 4.31. The molecule has 2 N–H and O–H groups in total. The number of aromatic nitrogens is 2. The average Bonchev–Trinajstić information content (AvgIpc) is 2.45. The van der Waals surface area contributed by atoms with E-state index in [1.165, 1.54) is 6.33 Å². The molecule has 0 aliphatic rings. The number of nitrogens with one attached hydrogen (secondary N) is 2. The summed E-state index contributed by atoms with van der Waals surface area (Å²) in [6, 6.07) is 5.02. The Morgan fingerprint density at radius 1 is 1.45 bits per heavy atom. The molecule has 0 radical (unpaired) electrons. The molecule has 1 unspecified atom stereocenters. The lowest BCUT2D eigenvalue weighted by atomic mass is 10.2. The van der Waals surface area contributed by atoms with Gasteiger partial charge >= 0.3 is 0 Å². The van der Waals surface area contributed by atoms with Crippen LogP contribution in [0.2, 0.25) is 0 Å². The summed E-state index contributed by atoms with van der Waals surface area (Å²) in [6.07, 6.45) is 1.46. The van der Waals surface area contributed by atoms with E-state index in [2.05, 4.69) is 15.3 Å². The second kappa shape index (κ2) is 6.29. The fourth-order valence-electron chi connectivity index (χ4n) is 1.95. The molecule has 0 saturated carbocycles. The first-order chi connectivity index (χ1) is 9.65. The van der Waals surface area contributed by atoms with E-state index < -0.39 is 6.10 Å². The van der Waals surface area contributed by atoms with Crippen molar-refractivity contribution >= 4 is 22.5 Å². The van der Waals surface area contributed by atoms with E-state index in [4.69, 9.17) is 4.74 Å². The van der Waals surface area contributed by atoms with Crippen LogP contribution >= 0.6 is 0 Å². The summed E-state index contributed by atoms with van der Waals surface area (Å²) < 4.78 is 5.34. The number of H-pyrrole nitrogens is 1. The van der Waals surface area contributed by atoms with E-state index >= 15 is 0 Å². The predicted octanol–water partition coefficient (Wildman–Crippen LogP) is 1.68. The Morgan fingerprint density at radius 3 is 2.95 bits per heavy atom. The molecule has 0 bridgehead atoms. The zero-order valence-electron chi connectivity index (χ0n) is 11.5. The number of rotatable bonds is 5. The fourth-order valence-corrected chi connectivity index (χ4v) is 1.95. The Balaban J connectivity index is 2.23. The van der Waals surface area contributed by atoms with Gasteiger partial charge in [0.1, 0.15) is 6.10 Å². The predicted molar refractivity (Wildman–Crippen MR) is 76.7 cm³/mol. The Hall–Kier alpha value is -2.21. The van der Waals surface area contributed by atoms with Crippen molar-refractivity contribution in [3.8, 4) is 0 Å². The third-order valence-electron chi connectivity index (χ3n) is 2.94. The van der Waals surface area contributed by atoms with Gasteiger partial charge in [0.2, 0.25) is 0 Å². The average molecular weight is 275 g/mol. The fraction of sp³-hybridized carbons (Fsp3) is 0.357. The van der Waals surface area contributed by atoms with Gasteiger partial charge in [0, 0.05) is 12.3 Å². The number of amides is 1. The number of carbonyl (C=O) groups excluding carboxylic acids is 1. The zero-order valence-corrected chi connectivity index (χ0v) is 11.5. The van der Waals surface area contributed by atoms with Crippen LogP contribution in [0.5, 0.6) is 0 Å². The Kier molecular flexibility index (Phi) is 4.47. The molecule has 106 valence electrons. The smallest absolute Gasteiger partial charge is 0.258 e. The minimum atomic E-state index is -0.483. The Labute approximate surface area is 116 Å². The molecule has 1 aromatic carbocycles. The second-order valence-electron chi connectivity index (χ2n) is 4.31. The number of benzene rings is 1. The van der Waals surface area contributed by atoms with Crippen molar-refractivity contribution in [3.63, 3.8) is 0 Å². The van der Waals surface area contributed by atoms with Crippen molar-refractivity contribution < 1.29 is 9.53 Å². The summed E-state index contributed by atoms with van der Waals surface area (Å²) in [4.78, 5) is 30.2. The van der Waals surface area contributed by atoms with Crippen LogP contribution in [0.1, 0.15) is 20.3 Å². The number of anilines is 1. The lowest BCUT2D eigenvalue weighted by molar-refractivity contribution is -0.127.